The average Bonchev–Trinajstić information content (AvgIpc) is 2.60. The van der Waals surface area contributed by atoms with E-state index in [1.165, 1.54) is 5.01 Å². The molecule has 1 aliphatic heterocycles. The van der Waals surface area contributed by atoms with Crippen molar-refractivity contribution < 1.29 is 4.79 Å². The first-order chi connectivity index (χ1) is 7.20. The Balaban J connectivity index is 2.32. The van der Waals surface area contributed by atoms with Crippen molar-refractivity contribution in [3.05, 3.63) is 24.3 Å². The van der Waals surface area contributed by atoms with Crippen LogP contribution in [-0.4, -0.2) is 11.6 Å². The SMILES string of the molecule is CCC1=NN(c2cccc(N)c2)C(=O)C1. The summed E-state index contributed by atoms with van der Waals surface area (Å²) < 4.78 is 0. The Bertz CT molecular complexity index is 426. The minimum Gasteiger partial charge on any atom is -0.399 e. The fourth-order valence-electron chi connectivity index (χ4n) is 1.54. The molecule has 1 heterocycles. The van der Waals surface area contributed by atoms with Gasteiger partial charge >= 0.3 is 0 Å². The highest BCUT2D eigenvalue weighted by Gasteiger charge is 2.23. The van der Waals surface area contributed by atoms with Crippen molar-refractivity contribution in [3.8, 4) is 0 Å². The number of anilines is 2. The van der Waals surface area contributed by atoms with Crippen LogP contribution in [0.2, 0.25) is 0 Å². The second-order valence-electron chi connectivity index (χ2n) is 3.50. The number of amides is 1. The zero-order chi connectivity index (χ0) is 10.8. The average molecular weight is 203 g/mol. The van der Waals surface area contributed by atoms with Gasteiger partial charge in [-0.05, 0) is 24.6 Å². The lowest BCUT2D eigenvalue weighted by Crippen LogP contribution is -2.19. The number of rotatable bonds is 2. The molecule has 4 heteroatoms. The highest BCUT2D eigenvalue weighted by Crippen LogP contribution is 2.22. The van der Waals surface area contributed by atoms with Crippen molar-refractivity contribution >= 4 is 23.0 Å². The van der Waals surface area contributed by atoms with Crippen LogP contribution in [0, 0.1) is 0 Å². The molecule has 0 bridgehead atoms. The van der Waals surface area contributed by atoms with E-state index in [4.69, 9.17) is 5.73 Å². The summed E-state index contributed by atoms with van der Waals surface area (Å²) in [5.41, 5.74) is 7.95. The Morgan fingerprint density at radius 1 is 1.53 bits per heavy atom. The topological polar surface area (TPSA) is 58.7 Å². The summed E-state index contributed by atoms with van der Waals surface area (Å²) in [5, 5.41) is 5.67. The molecule has 2 rings (SSSR count). The van der Waals surface area contributed by atoms with Gasteiger partial charge in [-0.2, -0.15) is 5.10 Å². The molecule has 2 N–H and O–H groups in total. The summed E-state index contributed by atoms with van der Waals surface area (Å²) in [7, 11) is 0. The fraction of sp³-hybridized carbons (Fsp3) is 0.273. The van der Waals surface area contributed by atoms with Gasteiger partial charge in [0, 0.05) is 11.4 Å². The van der Waals surface area contributed by atoms with Crippen LogP contribution >= 0.6 is 0 Å². The molecule has 0 radical (unpaired) electrons. The quantitative estimate of drug-likeness (QED) is 0.745. The van der Waals surface area contributed by atoms with Gasteiger partial charge in [0.05, 0.1) is 12.1 Å². The van der Waals surface area contributed by atoms with Gasteiger partial charge in [-0.1, -0.05) is 13.0 Å². The maximum atomic E-state index is 11.6. The van der Waals surface area contributed by atoms with Crippen molar-refractivity contribution in [3.63, 3.8) is 0 Å². The first-order valence-corrected chi connectivity index (χ1v) is 4.95. The summed E-state index contributed by atoms with van der Waals surface area (Å²) in [5.74, 6) is 0.0115. The van der Waals surface area contributed by atoms with E-state index < -0.39 is 0 Å². The first kappa shape index (κ1) is 9.71. The molecular weight excluding hydrogens is 190 g/mol. The molecule has 0 unspecified atom stereocenters. The molecule has 15 heavy (non-hydrogen) atoms. The van der Waals surface area contributed by atoms with Gasteiger partial charge in [-0.25, -0.2) is 5.01 Å². The smallest absolute Gasteiger partial charge is 0.253 e. The molecule has 0 saturated heterocycles. The van der Waals surface area contributed by atoms with Gasteiger partial charge in [0.1, 0.15) is 0 Å². The maximum Gasteiger partial charge on any atom is 0.253 e. The van der Waals surface area contributed by atoms with Crippen molar-refractivity contribution in [2.45, 2.75) is 19.8 Å². The van der Waals surface area contributed by atoms with Crippen molar-refractivity contribution in [2.24, 2.45) is 5.10 Å². The number of nitrogens with zero attached hydrogens (tertiary/aromatic N) is 2. The van der Waals surface area contributed by atoms with Gasteiger partial charge in [0.15, 0.2) is 0 Å². The van der Waals surface area contributed by atoms with Crippen LogP contribution in [0.4, 0.5) is 11.4 Å². The second-order valence-corrected chi connectivity index (χ2v) is 3.50. The molecule has 0 aliphatic carbocycles. The van der Waals surface area contributed by atoms with Crippen molar-refractivity contribution in [1.29, 1.82) is 0 Å². The molecule has 0 fully saturated rings. The van der Waals surface area contributed by atoms with Crippen LogP contribution < -0.4 is 10.7 Å². The minimum atomic E-state index is 0.0115. The van der Waals surface area contributed by atoms with Gasteiger partial charge < -0.3 is 5.73 Å². The lowest BCUT2D eigenvalue weighted by Gasteiger charge is -2.11. The molecule has 78 valence electrons. The van der Waals surface area contributed by atoms with E-state index in [0.29, 0.717) is 12.1 Å². The van der Waals surface area contributed by atoms with E-state index in [0.717, 1.165) is 17.8 Å². The van der Waals surface area contributed by atoms with Gasteiger partial charge in [-0.15, -0.1) is 0 Å². The van der Waals surface area contributed by atoms with E-state index >= 15 is 0 Å². The zero-order valence-corrected chi connectivity index (χ0v) is 8.60. The summed E-state index contributed by atoms with van der Waals surface area (Å²) in [6, 6.07) is 7.18. The Kier molecular flexibility index (Phi) is 2.41. The molecule has 1 amide bonds. The Morgan fingerprint density at radius 2 is 2.33 bits per heavy atom. The van der Waals surface area contributed by atoms with E-state index in [-0.39, 0.29) is 5.91 Å². The Labute approximate surface area is 88.4 Å². The molecule has 0 atom stereocenters. The first-order valence-electron chi connectivity index (χ1n) is 4.95. The maximum absolute atomic E-state index is 11.6. The summed E-state index contributed by atoms with van der Waals surface area (Å²) >= 11 is 0. The monoisotopic (exact) mass is 203 g/mol. The third-order valence-corrected chi connectivity index (χ3v) is 2.36. The van der Waals surface area contributed by atoms with Crippen LogP contribution in [0.3, 0.4) is 0 Å². The van der Waals surface area contributed by atoms with Crippen molar-refractivity contribution in [2.75, 3.05) is 10.7 Å². The van der Waals surface area contributed by atoms with Gasteiger partial charge in [-0.3, -0.25) is 4.79 Å². The van der Waals surface area contributed by atoms with Crippen LogP contribution in [0.25, 0.3) is 0 Å². The van der Waals surface area contributed by atoms with E-state index in [9.17, 15) is 4.79 Å². The third kappa shape index (κ3) is 1.83. The lowest BCUT2D eigenvalue weighted by molar-refractivity contribution is -0.116. The molecule has 0 aromatic heterocycles. The molecule has 1 aromatic carbocycles. The van der Waals surface area contributed by atoms with Crippen molar-refractivity contribution in [1.82, 2.24) is 0 Å². The minimum absolute atomic E-state index is 0.0115. The number of hydrogen-bond acceptors (Lipinski definition) is 3. The summed E-state index contributed by atoms with van der Waals surface area (Å²) in [4.78, 5) is 11.6. The van der Waals surface area contributed by atoms with Crippen LogP contribution in [-0.2, 0) is 4.79 Å². The van der Waals surface area contributed by atoms with Crippen LogP contribution in [0.15, 0.2) is 29.4 Å². The lowest BCUT2D eigenvalue weighted by atomic mass is 10.2. The fourth-order valence-corrected chi connectivity index (χ4v) is 1.54. The van der Waals surface area contributed by atoms with Crippen LogP contribution in [0.1, 0.15) is 19.8 Å². The predicted octanol–water partition coefficient (Wildman–Crippen LogP) is 1.77. The van der Waals surface area contributed by atoms with E-state index in [1.807, 2.05) is 19.1 Å². The molecule has 0 saturated carbocycles. The normalized spacial score (nSPS) is 15.7. The third-order valence-electron chi connectivity index (χ3n) is 2.36. The standard InChI is InChI=1S/C11H13N3O/c1-2-9-7-11(15)14(13-9)10-5-3-4-8(12)6-10/h3-6H,2,7,12H2,1H3. The summed E-state index contributed by atoms with van der Waals surface area (Å²) in [6.07, 6.45) is 1.23. The number of carbonyl (C=O) groups is 1. The molecule has 1 aromatic rings. The molecule has 0 spiro atoms. The number of nitrogens with two attached hydrogens (primary N) is 1. The van der Waals surface area contributed by atoms with Gasteiger partial charge in [0.2, 0.25) is 0 Å². The summed E-state index contributed by atoms with van der Waals surface area (Å²) in [6.45, 7) is 2.00. The van der Waals surface area contributed by atoms with E-state index in [2.05, 4.69) is 5.10 Å². The highest BCUT2D eigenvalue weighted by molar-refractivity contribution is 6.12. The molecule has 1 aliphatic rings. The second kappa shape index (κ2) is 3.73. The largest absolute Gasteiger partial charge is 0.399 e. The van der Waals surface area contributed by atoms with Gasteiger partial charge in [0.25, 0.3) is 5.91 Å². The predicted molar refractivity (Wildman–Crippen MR) is 60.7 cm³/mol. The number of carbonyl (C=O) groups excluding carboxylic acids is 1. The zero-order valence-electron chi connectivity index (χ0n) is 8.60. The number of nitrogen functional groups attached to an aromatic ring is 1. The van der Waals surface area contributed by atoms with E-state index in [1.54, 1.807) is 12.1 Å². The Morgan fingerprint density at radius 3 is 2.93 bits per heavy atom. The number of benzene rings is 1. The molecular formula is C11H13N3O. The number of hydrogen-bond donors (Lipinski definition) is 1. The van der Waals surface area contributed by atoms with Crippen LogP contribution in [0.5, 0.6) is 0 Å². The Hall–Kier alpha value is -1.84. The number of hydrazone groups is 1. The molecule has 4 nitrogen and oxygen atoms in total. The highest BCUT2D eigenvalue weighted by atomic mass is 16.2.